The van der Waals surface area contributed by atoms with Crippen LogP contribution < -0.4 is 10.6 Å². The summed E-state index contributed by atoms with van der Waals surface area (Å²) in [5.41, 5.74) is 5.49. The Morgan fingerprint density at radius 3 is 2.70 bits per heavy atom. The van der Waals surface area contributed by atoms with Gasteiger partial charge in [0.25, 0.3) is 0 Å². The van der Waals surface area contributed by atoms with Crippen molar-refractivity contribution in [2.75, 3.05) is 7.05 Å². The molecule has 4 nitrogen and oxygen atoms in total. The molecule has 2 atom stereocenters. The van der Waals surface area contributed by atoms with Gasteiger partial charge in [-0.1, -0.05) is 11.6 Å². The van der Waals surface area contributed by atoms with Crippen molar-refractivity contribution in [1.82, 2.24) is 19.8 Å². The van der Waals surface area contributed by atoms with Crippen molar-refractivity contribution < 1.29 is 4.39 Å². The van der Waals surface area contributed by atoms with Gasteiger partial charge in [0.05, 0.1) is 11.0 Å². The largest absolute Gasteiger partial charge is 0.346 e. The van der Waals surface area contributed by atoms with E-state index in [4.69, 9.17) is 11.6 Å². The van der Waals surface area contributed by atoms with Crippen molar-refractivity contribution >= 4 is 33.4 Å². The molecule has 30 heavy (non-hydrogen) atoms. The zero-order chi connectivity index (χ0) is 20.4. The van der Waals surface area contributed by atoms with E-state index in [-0.39, 0.29) is 17.9 Å². The van der Waals surface area contributed by atoms with Crippen LogP contribution in [-0.4, -0.2) is 28.3 Å². The van der Waals surface area contributed by atoms with E-state index < -0.39 is 0 Å². The fourth-order valence-corrected chi connectivity index (χ4v) is 5.65. The molecule has 0 radical (unpaired) electrons. The van der Waals surface area contributed by atoms with E-state index in [0.717, 1.165) is 53.0 Å². The summed E-state index contributed by atoms with van der Waals surface area (Å²) < 4.78 is 19.5. The van der Waals surface area contributed by atoms with Crippen LogP contribution in [0.15, 0.2) is 42.7 Å². The zero-order valence-corrected chi connectivity index (χ0v) is 17.6. The molecule has 154 valence electrons. The number of hydrogen-bond acceptors (Lipinski definition) is 2. The van der Waals surface area contributed by atoms with E-state index >= 15 is 4.39 Å². The minimum absolute atomic E-state index is 0.0907. The third kappa shape index (κ3) is 2.80. The van der Waals surface area contributed by atoms with Gasteiger partial charge in [-0.2, -0.15) is 0 Å². The van der Waals surface area contributed by atoms with Crippen molar-refractivity contribution in [2.24, 2.45) is 0 Å². The predicted molar refractivity (Wildman–Crippen MR) is 120 cm³/mol. The molecule has 2 aliphatic heterocycles. The number of hydrogen-bond donors (Lipinski definition) is 2. The lowest BCUT2D eigenvalue weighted by molar-refractivity contribution is 0.436. The second kappa shape index (κ2) is 6.84. The van der Waals surface area contributed by atoms with Gasteiger partial charge in [-0.25, -0.2) is 4.39 Å². The highest BCUT2D eigenvalue weighted by molar-refractivity contribution is 6.31. The number of halogens is 2. The van der Waals surface area contributed by atoms with Crippen molar-refractivity contribution in [3.63, 3.8) is 0 Å². The zero-order valence-electron chi connectivity index (χ0n) is 16.9. The molecule has 0 amide bonds. The molecule has 0 saturated heterocycles. The molecule has 4 heterocycles. The van der Waals surface area contributed by atoms with Crippen molar-refractivity contribution in [3.05, 3.63) is 70.3 Å². The average Bonchev–Trinajstić information content (AvgIpc) is 3.34. The van der Waals surface area contributed by atoms with Gasteiger partial charge in [0, 0.05) is 65.5 Å². The van der Waals surface area contributed by atoms with Gasteiger partial charge < -0.3 is 19.8 Å². The van der Waals surface area contributed by atoms with Crippen molar-refractivity contribution in [3.8, 4) is 0 Å². The summed E-state index contributed by atoms with van der Waals surface area (Å²) in [4.78, 5) is 0. The lowest BCUT2D eigenvalue weighted by atomic mass is 9.96. The number of nitrogens with zero attached hydrogens (tertiary/aromatic N) is 2. The Balaban J connectivity index is 1.28. The normalized spacial score (nSPS) is 20.4. The first-order valence-corrected chi connectivity index (χ1v) is 11.0. The van der Waals surface area contributed by atoms with Crippen LogP contribution in [0, 0.1) is 5.82 Å². The van der Waals surface area contributed by atoms with E-state index in [9.17, 15) is 0 Å². The van der Waals surface area contributed by atoms with Crippen LogP contribution in [0.4, 0.5) is 4.39 Å². The second-order valence-electron chi connectivity index (χ2n) is 8.67. The monoisotopic (exact) mass is 422 g/mol. The Hall–Kier alpha value is -2.34. The number of nitrogens with one attached hydrogen (secondary N) is 2. The highest BCUT2D eigenvalue weighted by Crippen LogP contribution is 2.32. The molecule has 0 aliphatic carbocycles. The number of benzene rings is 2. The number of rotatable bonds is 4. The van der Waals surface area contributed by atoms with Crippen LogP contribution in [0.1, 0.15) is 16.7 Å². The Bertz CT molecular complexity index is 1290. The van der Waals surface area contributed by atoms with Crippen LogP contribution in [0.25, 0.3) is 21.8 Å². The molecular weight excluding hydrogens is 399 g/mol. The van der Waals surface area contributed by atoms with Gasteiger partial charge in [0.15, 0.2) is 0 Å². The van der Waals surface area contributed by atoms with Gasteiger partial charge in [0.1, 0.15) is 5.82 Å². The highest BCUT2D eigenvalue weighted by Gasteiger charge is 2.25. The molecular formula is C24H24ClFN4. The fourth-order valence-electron chi connectivity index (χ4n) is 5.40. The Morgan fingerprint density at radius 1 is 1.03 bits per heavy atom. The minimum atomic E-state index is -0.0907. The Morgan fingerprint density at radius 2 is 1.83 bits per heavy atom. The van der Waals surface area contributed by atoms with Crippen LogP contribution in [0.2, 0.25) is 5.02 Å². The molecule has 0 fully saturated rings. The molecule has 4 aromatic rings. The summed E-state index contributed by atoms with van der Waals surface area (Å²) in [6.45, 7) is 2.44. The summed E-state index contributed by atoms with van der Waals surface area (Å²) in [5, 5.41) is 10.1. The lowest BCUT2D eigenvalue weighted by Crippen LogP contribution is -2.37. The SMILES string of the molecule is CNC1Cc2c(F)cc(CNC3Cc4cc(Cl)cc5ccn(c45)C3)c3ccn(c23)C1. The topological polar surface area (TPSA) is 33.9 Å². The van der Waals surface area contributed by atoms with E-state index in [1.54, 1.807) is 6.07 Å². The summed E-state index contributed by atoms with van der Waals surface area (Å²) in [6, 6.07) is 10.7. The Kier molecular flexibility index (Phi) is 4.20. The van der Waals surface area contributed by atoms with Crippen LogP contribution in [-0.2, 0) is 32.5 Å². The minimum Gasteiger partial charge on any atom is -0.346 e. The first kappa shape index (κ1) is 18.4. The molecule has 0 spiro atoms. The summed E-state index contributed by atoms with van der Waals surface area (Å²) in [7, 11) is 1.95. The van der Waals surface area contributed by atoms with E-state index in [1.165, 1.54) is 16.5 Å². The molecule has 6 heteroatoms. The third-order valence-corrected chi connectivity index (χ3v) is 7.05. The molecule has 0 bridgehead atoms. The second-order valence-corrected chi connectivity index (χ2v) is 9.11. The van der Waals surface area contributed by atoms with Crippen molar-refractivity contribution in [2.45, 2.75) is 44.6 Å². The maximum Gasteiger partial charge on any atom is 0.128 e. The summed E-state index contributed by atoms with van der Waals surface area (Å²) in [5.74, 6) is -0.0907. The van der Waals surface area contributed by atoms with E-state index in [2.05, 4.69) is 50.4 Å². The predicted octanol–water partition coefficient (Wildman–Crippen LogP) is 4.25. The highest BCUT2D eigenvalue weighted by atomic mass is 35.5. The maximum atomic E-state index is 15.0. The lowest BCUT2D eigenvalue weighted by Gasteiger charge is -2.27. The average molecular weight is 423 g/mol. The standard InChI is InChI=1S/C24H24ClFN4/c1-27-18-10-21-22(26)9-16(20-3-5-30(12-18)24(20)21)11-28-19-8-15-7-17(25)6-14-2-4-29(13-19)23(14)15/h2-7,9,18-19,27-28H,8,10-13H2,1H3. The summed E-state index contributed by atoms with van der Waals surface area (Å²) >= 11 is 6.32. The van der Waals surface area contributed by atoms with Gasteiger partial charge in [-0.3, -0.25) is 0 Å². The number of likely N-dealkylation sites (N-methyl/N-ethyl adjacent to an activating group) is 1. The molecule has 2 aliphatic rings. The quantitative estimate of drug-likeness (QED) is 0.515. The molecule has 2 aromatic heterocycles. The third-order valence-electron chi connectivity index (χ3n) is 6.83. The summed E-state index contributed by atoms with van der Waals surface area (Å²) in [6.07, 6.45) is 5.89. The molecule has 0 saturated carbocycles. The van der Waals surface area contributed by atoms with Gasteiger partial charge in [-0.05, 0) is 61.3 Å². The van der Waals surface area contributed by atoms with Crippen LogP contribution in [0.3, 0.4) is 0 Å². The molecule has 2 unspecified atom stereocenters. The molecule has 2 N–H and O–H groups in total. The molecule has 6 rings (SSSR count). The van der Waals surface area contributed by atoms with Gasteiger partial charge >= 0.3 is 0 Å². The van der Waals surface area contributed by atoms with Gasteiger partial charge in [-0.15, -0.1) is 0 Å². The van der Waals surface area contributed by atoms with E-state index in [1.807, 2.05) is 13.1 Å². The van der Waals surface area contributed by atoms with Crippen LogP contribution in [0.5, 0.6) is 0 Å². The fraction of sp³-hybridized carbons (Fsp3) is 0.333. The maximum absolute atomic E-state index is 15.0. The Labute approximate surface area is 179 Å². The van der Waals surface area contributed by atoms with Gasteiger partial charge in [0.2, 0.25) is 0 Å². The van der Waals surface area contributed by atoms with Crippen LogP contribution >= 0.6 is 11.6 Å². The first-order chi connectivity index (χ1) is 14.6. The van der Waals surface area contributed by atoms with E-state index in [0.29, 0.717) is 6.54 Å². The first-order valence-electron chi connectivity index (χ1n) is 10.6. The number of aromatic nitrogens is 2. The molecule has 2 aromatic carbocycles. The smallest absolute Gasteiger partial charge is 0.128 e. The van der Waals surface area contributed by atoms with Crippen molar-refractivity contribution in [1.29, 1.82) is 0 Å².